The standard InChI is InChI=1S/C39H90N10/c1-3-40-22-5-6-23-42-24-7-8-25-43-26-9-10-27-44-28-11-12-29-45-30-13-14-31-46-32-15-16-33-47-34-17-18-35-48-36-19-20-37-49-39-21-38-41-4-2/h40-49H,3-39H2,1-2H3. The topological polar surface area (TPSA) is 120 Å². The summed E-state index contributed by atoms with van der Waals surface area (Å²) in [6.07, 6.45) is 21.7. The van der Waals surface area contributed by atoms with Crippen LogP contribution in [0.2, 0.25) is 0 Å². The molecule has 10 heteroatoms. The third kappa shape index (κ3) is 47.6. The Labute approximate surface area is 306 Å². The van der Waals surface area contributed by atoms with E-state index in [1.165, 1.54) is 109 Å². The van der Waals surface area contributed by atoms with E-state index in [-0.39, 0.29) is 0 Å². The lowest BCUT2D eigenvalue weighted by atomic mass is 10.2. The van der Waals surface area contributed by atoms with Crippen molar-refractivity contribution in [3.63, 3.8) is 0 Å². The van der Waals surface area contributed by atoms with Gasteiger partial charge in [-0.2, -0.15) is 0 Å². The van der Waals surface area contributed by atoms with Gasteiger partial charge >= 0.3 is 0 Å². The Balaban J connectivity index is 3.04. The normalized spacial score (nSPS) is 11.6. The van der Waals surface area contributed by atoms with Crippen LogP contribution >= 0.6 is 0 Å². The Morgan fingerprint density at radius 2 is 0.286 bits per heavy atom. The number of hydrogen-bond donors (Lipinski definition) is 10. The van der Waals surface area contributed by atoms with Crippen LogP contribution in [0.5, 0.6) is 0 Å². The molecule has 0 saturated heterocycles. The molecule has 296 valence electrons. The van der Waals surface area contributed by atoms with E-state index >= 15 is 0 Å². The first-order chi connectivity index (χ1) is 24.4. The predicted molar refractivity (Wildman–Crippen MR) is 219 cm³/mol. The summed E-state index contributed by atoms with van der Waals surface area (Å²) in [5.41, 5.74) is 0. The monoisotopic (exact) mass is 699 g/mol. The summed E-state index contributed by atoms with van der Waals surface area (Å²) in [7, 11) is 0. The second-order valence-corrected chi connectivity index (χ2v) is 13.7. The summed E-state index contributed by atoms with van der Waals surface area (Å²) in [4.78, 5) is 0. The molecular formula is C39H90N10. The van der Waals surface area contributed by atoms with E-state index in [0.717, 1.165) is 131 Å². The van der Waals surface area contributed by atoms with E-state index in [2.05, 4.69) is 67.0 Å². The van der Waals surface area contributed by atoms with Crippen LogP contribution in [0.25, 0.3) is 0 Å². The van der Waals surface area contributed by atoms with Gasteiger partial charge < -0.3 is 53.2 Å². The van der Waals surface area contributed by atoms with Crippen LogP contribution in [-0.2, 0) is 0 Å². The van der Waals surface area contributed by atoms with Gasteiger partial charge in [0.1, 0.15) is 0 Å². The highest BCUT2D eigenvalue weighted by Crippen LogP contribution is 1.93. The summed E-state index contributed by atoms with van der Waals surface area (Å²) in [6.45, 7) is 27.3. The van der Waals surface area contributed by atoms with Crippen LogP contribution in [0.4, 0.5) is 0 Å². The molecule has 0 spiro atoms. The fourth-order valence-corrected chi connectivity index (χ4v) is 5.69. The quantitative estimate of drug-likeness (QED) is 0.0433. The Bertz CT molecular complexity index is 512. The summed E-state index contributed by atoms with van der Waals surface area (Å²) >= 11 is 0. The largest absolute Gasteiger partial charge is 0.317 e. The number of unbranched alkanes of at least 4 members (excludes halogenated alkanes) is 8. The molecule has 0 aliphatic heterocycles. The molecule has 0 aliphatic rings. The van der Waals surface area contributed by atoms with Crippen molar-refractivity contribution in [1.29, 1.82) is 0 Å². The molecule has 0 aromatic heterocycles. The minimum absolute atomic E-state index is 1.08. The highest BCUT2D eigenvalue weighted by molar-refractivity contribution is 4.59. The van der Waals surface area contributed by atoms with E-state index in [1.807, 2.05) is 0 Å². The third-order valence-electron chi connectivity index (χ3n) is 8.86. The van der Waals surface area contributed by atoms with Crippen LogP contribution < -0.4 is 53.2 Å². The molecule has 0 radical (unpaired) electrons. The first-order valence-corrected chi connectivity index (χ1v) is 21.5. The summed E-state index contributed by atoms with van der Waals surface area (Å²) in [5, 5.41) is 35.5. The molecule has 0 aliphatic carbocycles. The smallest absolute Gasteiger partial charge is 0.00368 e. The van der Waals surface area contributed by atoms with Crippen molar-refractivity contribution >= 4 is 0 Å². The van der Waals surface area contributed by atoms with Crippen LogP contribution in [0.1, 0.15) is 123 Å². The lowest BCUT2D eigenvalue weighted by Crippen LogP contribution is -2.24. The number of hydrogen-bond acceptors (Lipinski definition) is 10. The molecule has 0 rings (SSSR count). The van der Waals surface area contributed by atoms with Gasteiger partial charge in [-0.15, -0.1) is 0 Å². The molecule has 0 heterocycles. The lowest BCUT2D eigenvalue weighted by molar-refractivity contribution is 0.527. The molecule has 0 aromatic carbocycles. The molecule has 0 amide bonds. The molecule has 0 saturated carbocycles. The van der Waals surface area contributed by atoms with Gasteiger partial charge in [-0.25, -0.2) is 0 Å². The molecule has 0 unspecified atom stereocenters. The highest BCUT2D eigenvalue weighted by atomic mass is 14.9. The van der Waals surface area contributed by atoms with E-state index in [1.54, 1.807) is 0 Å². The van der Waals surface area contributed by atoms with E-state index in [0.29, 0.717) is 0 Å². The van der Waals surface area contributed by atoms with Crippen molar-refractivity contribution in [2.45, 2.75) is 123 Å². The van der Waals surface area contributed by atoms with Gasteiger partial charge in [0.05, 0.1) is 0 Å². The molecule has 0 atom stereocenters. The summed E-state index contributed by atoms with van der Waals surface area (Å²) in [5.74, 6) is 0. The van der Waals surface area contributed by atoms with Gasteiger partial charge in [0.2, 0.25) is 0 Å². The zero-order chi connectivity index (χ0) is 35.2. The lowest BCUT2D eigenvalue weighted by Gasteiger charge is -2.08. The molecular weight excluding hydrogens is 608 g/mol. The van der Waals surface area contributed by atoms with Gasteiger partial charge in [0.25, 0.3) is 0 Å². The van der Waals surface area contributed by atoms with Crippen molar-refractivity contribution in [3.8, 4) is 0 Å². The molecule has 0 fully saturated rings. The zero-order valence-corrected chi connectivity index (χ0v) is 33.2. The molecule has 10 N–H and O–H groups in total. The molecule has 49 heavy (non-hydrogen) atoms. The van der Waals surface area contributed by atoms with Crippen molar-refractivity contribution in [1.82, 2.24) is 53.2 Å². The summed E-state index contributed by atoms with van der Waals surface area (Å²) in [6, 6.07) is 0. The maximum atomic E-state index is 3.62. The maximum Gasteiger partial charge on any atom is -0.00368 e. The van der Waals surface area contributed by atoms with Crippen LogP contribution in [0, 0.1) is 0 Å². The Kier molecular flexibility index (Phi) is 47.2. The maximum absolute atomic E-state index is 3.62. The molecule has 0 aromatic rings. The number of rotatable bonds is 46. The fraction of sp³-hybridized carbons (Fsp3) is 1.00. The Morgan fingerprint density at radius 3 is 0.449 bits per heavy atom. The van der Waals surface area contributed by atoms with Gasteiger partial charge in [0, 0.05) is 0 Å². The minimum Gasteiger partial charge on any atom is -0.317 e. The van der Waals surface area contributed by atoms with E-state index in [9.17, 15) is 0 Å². The first-order valence-electron chi connectivity index (χ1n) is 21.5. The summed E-state index contributed by atoms with van der Waals surface area (Å²) < 4.78 is 0. The van der Waals surface area contributed by atoms with E-state index < -0.39 is 0 Å². The van der Waals surface area contributed by atoms with Gasteiger partial charge in [-0.3, -0.25) is 0 Å². The minimum atomic E-state index is 1.08. The van der Waals surface area contributed by atoms with Crippen molar-refractivity contribution in [3.05, 3.63) is 0 Å². The van der Waals surface area contributed by atoms with Gasteiger partial charge in [-0.05, 0) is 240 Å². The third-order valence-corrected chi connectivity index (χ3v) is 8.86. The van der Waals surface area contributed by atoms with Gasteiger partial charge in [-0.1, -0.05) is 13.8 Å². The van der Waals surface area contributed by atoms with Crippen molar-refractivity contribution in [2.75, 3.05) is 131 Å². The second kappa shape index (κ2) is 47.6. The average Bonchev–Trinajstić information content (AvgIpc) is 3.11. The van der Waals surface area contributed by atoms with E-state index in [4.69, 9.17) is 0 Å². The fourth-order valence-electron chi connectivity index (χ4n) is 5.69. The van der Waals surface area contributed by atoms with Crippen molar-refractivity contribution < 1.29 is 0 Å². The van der Waals surface area contributed by atoms with Gasteiger partial charge in [0.15, 0.2) is 0 Å². The van der Waals surface area contributed by atoms with Crippen LogP contribution in [-0.4, -0.2) is 131 Å². The predicted octanol–water partition coefficient (Wildman–Crippen LogP) is 3.55. The molecule has 0 bridgehead atoms. The Hall–Kier alpha value is -0.400. The molecule has 10 nitrogen and oxygen atoms in total. The zero-order valence-electron chi connectivity index (χ0n) is 33.2. The highest BCUT2D eigenvalue weighted by Gasteiger charge is 1.96. The van der Waals surface area contributed by atoms with Crippen molar-refractivity contribution in [2.24, 2.45) is 0 Å². The average molecular weight is 699 g/mol. The number of nitrogens with one attached hydrogen (secondary N) is 10. The van der Waals surface area contributed by atoms with Crippen LogP contribution in [0.15, 0.2) is 0 Å². The SMILES string of the molecule is CCNCCCCNCCCCNCCCCNCCCCNCCCCNCCCCNCCCCNCCCCNCCCNCC. The second-order valence-electron chi connectivity index (χ2n) is 13.7. The first kappa shape index (κ1) is 48.6. The van der Waals surface area contributed by atoms with Crippen LogP contribution in [0.3, 0.4) is 0 Å². The Morgan fingerprint density at radius 1 is 0.163 bits per heavy atom.